The Balaban J connectivity index is 0.000000396. The number of hydrogen-bond donors (Lipinski definition) is 0. The van der Waals surface area contributed by atoms with Gasteiger partial charge in [0.1, 0.15) is 6.33 Å². The fourth-order valence-corrected chi connectivity index (χ4v) is 1.02. The number of aromatic nitrogens is 3. The third kappa shape index (κ3) is 1.99. The van der Waals surface area contributed by atoms with Gasteiger partial charge in [-0.2, -0.15) is 0 Å². The summed E-state index contributed by atoms with van der Waals surface area (Å²) in [6.07, 6.45) is 3.26. The number of aryl methyl sites for hydroxylation is 1. The fourth-order valence-electron chi connectivity index (χ4n) is 1.02. The Hall–Kier alpha value is -1.51. The zero-order valence-corrected chi connectivity index (χ0v) is 8.15. The van der Waals surface area contributed by atoms with Gasteiger partial charge in [0.2, 0.25) is 0 Å². The molecule has 0 saturated heterocycles. The van der Waals surface area contributed by atoms with Gasteiger partial charge in [0.05, 0.1) is 5.69 Å². The summed E-state index contributed by atoms with van der Waals surface area (Å²) in [6.45, 7) is 5.95. The van der Waals surface area contributed by atoms with Gasteiger partial charge in [-0.1, -0.05) is 13.8 Å². The molecule has 0 fully saturated rings. The van der Waals surface area contributed by atoms with E-state index in [9.17, 15) is 0 Å². The molecule has 0 bridgehead atoms. The summed E-state index contributed by atoms with van der Waals surface area (Å²) in [5, 5.41) is 1.02. The van der Waals surface area contributed by atoms with Crippen molar-refractivity contribution < 1.29 is 0 Å². The molecular formula is C10H13N3. The van der Waals surface area contributed by atoms with Crippen LogP contribution < -0.4 is 0 Å². The highest BCUT2D eigenvalue weighted by atomic mass is 14.9. The van der Waals surface area contributed by atoms with Crippen molar-refractivity contribution in [1.82, 2.24) is 15.0 Å². The molecule has 13 heavy (non-hydrogen) atoms. The van der Waals surface area contributed by atoms with Gasteiger partial charge in [0.15, 0.2) is 5.65 Å². The predicted molar refractivity (Wildman–Crippen MR) is 53.4 cm³/mol. The quantitative estimate of drug-likeness (QED) is 0.617. The van der Waals surface area contributed by atoms with E-state index in [2.05, 4.69) is 15.0 Å². The number of nitrogens with zero attached hydrogens (tertiary/aromatic N) is 3. The van der Waals surface area contributed by atoms with Crippen LogP contribution >= 0.6 is 0 Å². The summed E-state index contributed by atoms with van der Waals surface area (Å²) in [5.41, 5.74) is 1.74. The van der Waals surface area contributed by atoms with Crippen LogP contribution in [0.3, 0.4) is 0 Å². The lowest BCUT2D eigenvalue weighted by molar-refractivity contribution is 1.13. The monoisotopic (exact) mass is 175 g/mol. The van der Waals surface area contributed by atoms with Crippen molar-refractivity contribution in [3.8, 4) is 0 Å². The van der Waals surface area contributed by atoms with Crippen LogP contribution in [0.4, 0.5) is 0 Å². The van der Waals surface area contributed by atoms with Crippen molar-refractivity contribution in [1.29, 1.82) is 0 Å². The smallest absolute Gasteiger partial charge is 0.162 e. The summed E-state index contributed by atoms with van der Waals surface area (Å²) < 4.78 is 0. The normalized spacial score (nSPS) is 9.15. The minimum absolute atomic E-state index is 0.764. The first-order chi connectivity index (χ1) is 6.38. The van der Waals surface area contributed by atoms with Crippen molar-refractivity contribution in [3.63, 3.8) is 0 Å². The van der Waals surface area contributed by atoms with E-state index >= 15 is 0 Å². The van der Waals surface area contributed by atoms with E-state index in [1.165, 1.54) is 6.33 Å². The van der Waals surface area contributed by atoms with Gasteiger partial charge in [-0.05, 0) is 19.1 Å². The Bertz CT molecular complexity index is 379. The molecule has 2 rings (SSSR count). The molecule has 0 spiro atoms. The van der Waals surface area contributed by atoms with Gasteiger partial charge in [-0.3, -0.25) is 0 Å². The molecular weight excluding hydrogens is 162 g/mol. The molecule has 0 aliphatic rings. The highest BCUT2D eigenvalue weighted by Gasteiger charge is 1.96. The largest absolute Gasteiger partial charge is 0.241 e. The van der Waals surface area contributed by atoms with E-state index < -0.39 is 0 Å². The second kappa shape index (κ2) is 4.50. The zero-order valence-electron chi connectivity index (χ0n) is 8.15. The Kier molecular flexibility index (Phi) is 3.31. The van der Waals surface area contributed by atoms with Crippen LogP contribution in [-0.2, 0) is 0 Å². The van der Waals surface area contributed by atoms with Crippen LogP contribution in [0.15, 0.2) is 24.7 Å². The van der Waals surface area contributed by atoms with E-state index in [4.69, 9.17) is 0 Å². The summed E-state index contributed by atoms with van der Waals surface area (Å²) in [4.78, 5) is 12.2. The van der Waals surface area contributed by atoms with Crippen molar-refractivity contribution in [2.45, 2.75) is 20.8 Å². The molecule has 2 heterocycles. The molecule has 3 nitrogen and oxygen atoms in total. The first-order valence-electron chi connectivity index (χ1n) is 4.40. The van der Waals surface area contributed by atoms with Crippen molar-refractivity contribution in [2.75, 3.05) is 0 Å². The van der Waals surface area contributed by atoms with Crippen LogP contribution in [-0.4, -0.2) is 15.0 Å². The van der Waals surface area contributed by atoms with Crippen molar-refractivity contribution in [3.05, 3.63) is 30.4 Å². The van der Waals surface area contributed by atoms with E-state index in [0.717, 1.165) is 16.7 Å². The van der Waals surface area contributed by atoms with Crippen LogP contribution in [0.25, 0.3) is 11.0 Å². The summed E-state index contributed by atoms with van der Waals surface area (Å²) >= 11 is 0. The molecule has 0 unspecified atom stereocenters. The Morgan fingerprint density at radius 2 is 1.85 bits per heavy atom. The summed E-state index contributed by atoms with van der Waals surface area (Å²) in [6, 6.07) is 3.86. The van der Waals surface area contributed by atoms with E-state index in [1.54, 1.807) is 6.20 Å². The van der Waals surface area contributed by atoms with Crippen LogP contribution in [0.1, 0.15) is 19.5 Å². The summed E-state index contributed by atoms with van der Waals surface area (Å²) in [7, 11) is 0. The minimum atomic E-state index is 0.764. The second-order valence-electron chi connectivity index (χ2n) is 2.33. The average Bonchev–Trinajstić information content (AvgIpc) is 2.22. The van der Waals surface area contributed by atoms with Crippen molar-refractivity contribution >= 4 is 11.0 Å². The molecule has 0 aromatic carbocycles. The maximum Gasteiger partial charge on any atom is 0.162 e. The van der Waals surface area contributed by atoms with Crippen LogP contribution in [0.2, 0.25) is 0 Å². The number of hydrogen-bond acceptors (Lipinski definition) is 3. The molecule has 2 aromatic rings. The Labute approximate surface area is 77.9 Å². The standard InChI is InChI=1S/C8H7N3.C2H6/c1-6-7-3-2-4-9-8(7)11-5-10-6;1-2/h2-5H,1H3;1-2H3. The van der Waals surface area contributed by atoms with Gasteiger partial charge in [0.25, 0.3) is 0 Å². The summed E-state index contributed by atoms with van der Waals surface area (Å²) in [5.74, 6) is 0. The highest BCUT2D eigenvalue weighted by Crippen LogP contribution is 2.08. The number of fused-ring (bicyclic) bond motifs is 1. The fraction of sp³-hybridized carbons (Fsp3) is 0.300. The molecule has 0 aliphatic carbocycles. The molecule has 0 aliphatic heterocycles. The molecule has 0 atom stereocenters. The Morgan fingerprint density at radius 3 is 2.54 bits per heavy atom. The van der Waals surface area contributed by atoms with Gasteiger partial charge >= 0.3 is 0 Å². The highest BCUT2D eigenvalue weighted by molar-refractivity contribution is 5.76. The zero-order chi connectivity index (χ0) is 9.68. The second-order valence-corrected chi connectivity index (χ2v) is 2.33. The molecule has 0 radical (unpaired) electrons. The van der Waals surface area contributed by atoms with E-state index in [-0.39, 0.29) is 0 Å². The number of rotatable bonds is 0. The van der Waals surface area contributed by atoms with Crippen LogP contribution in [0.5, 0.6) is 0 Å². The molecule has 0 saturated carbocycles. The topological polar surface area (TPSA) is 38.7 Å². The maximum atomic E-state index is 4.09. The maximum absolute atomic E-state index is 4.09. The molecule has 2 aromatic heterocycles. The third-order valence-electron chi connectivity index (χ3n) is 1.61. The molecule has 68 valence electrons. The lowest BCUT2D eigenvalue weighted by Gasteiger charge is -1.95. The van der Waals surface area contributed by atoms with Gasteiger partial charge < -0.3 is 0 Å². The van der Waals surface area contributed by atoms with E-state index in [1.807, 2.05) is 32.9 Å². The first kappa shape index (κ1) is 9.58. The van der Waals surface area contributed by atoms with Crippen LogP contribution in [0, 0.1) is 6.92 Å². The number of pyridine rings is 1. The van der Waals surface area contributed by atoms with Gasteiger partial charge in [0, 0.05) is 11.6 Å². The lowest BCUT2D eigenvalue weighted by atomic mass is 10.3. The predicted octanol–water partition coefficient (Wildman–Crippen LogP) is 2.36. The first-order valence-corrected chi connectivity index (χ1v) is 4.40. The average molecular weight is 175 g/mol. The van der Waals surface area contributed by atoms with Gasteiger partial charge in [-0.25, -0.2) is 15.0 Å². The molecule has 0 amide bonds. The molecule has 0 N–H and O–H groups in total. The third-order valence-corrected chi connectivity index (χ3v) is 1.61. The lowest BCUT2D eigenvalue weighted by Crippen LogP contribution is -1.88. The van der Waals surface area contributed by atoms with Crippen molar-refractivity contribution in [2.24, 2.45) is 0 Å². The van der Waals surface area contributed by atoms with Gasteiger partial charge in [-0.15, -0.1) is 0 Å². The molecule has 3 heteroatoms. The Morgan fingerprint density at radius 1 is 1.08 bits per heavy atom. The minimum Gasteiger partial charge on any atom is -0.241 e. The van der Waals surface area contributed by atoms with E-state index in [0.29, 0.717) is 0 Å². The SMILES string of the molecule is CC.Cc1ncnc2ncccc12.